The van der Waals surface area contributed by atoms with Crippen LogP contribution >= 0.6 is 0 Å². The zero-order valence-electron chi connectivity index (χ0n) is 30.1. The Kier molecular flexibility index (Phi) is 9.63. The molecule has 1 N–H and O–H groups in total. The smallest absolute Gasteiger partial charge is 0.148 e. The molecule has 0 atom stereocenters. The van der Waals surface area contributed by atoms with Crippen molar-refractivity contribution in [1.29, 1.82) is 0 Å². The van der Waals surface area contributed by atoms with Crippen molar-refractivity contribution in [2.24, 2.45) is 0 Å². The van der Waals surface area contributed by atoms with Gasteiger partial charge in [0.1, 0.15) is 11.6 Å². The van der Waals surface area contributed by atoms with Crippen molar-refractivity contribution in [3.63, 3.8) is 0 Å². The van der Waals surface area contributed by atoms with Crippen LogP contribution in [0, 0.1) is 13.0 Å². The van der Waals surface area contributed by atoms with Gasteiger partial charge in [-0.25, -0.2) is 4.98 Å². The molecule has 0 saturated heterocycles. The zero-order chi connectivity index (χ0) is 34.6. The van der Waals surface area contributed by atoms with Crippen molar-refractivity contribution in [3.05, 3.63) is 132 Å². The molecule has 5 aromatic carbocycles. The molecule has 0 saturated carbocycles. The van der Waals surface area contributed by atoms with E-state index in [1.54, 1.807) is 6.07 Å². The maximum absolute atomic E-state index is 11.1. The Hall–Kier alpha value is -4.53. The van der Waals surface area contributed by atoms with Crippen LogP contribution in [0.1, 0.15) is 82.6 Å². The van der Waals surface area contributed by atoms with Crippen molar-refractivity contribution in [2.45, 2.75) is 72.6 Å². The maximum Gasteiger partial charge on any atom is 0.148 e. The summed E-state index contributed by atoms with van der Waals surface area (Å²) in [5, 5.41) is 12.3. The van der Waals surface area contributed by atoms with Gasteiger partial charge in [0, 0.05) is 38.5 Å². The van der Waals surface area contributed by atoms with Crippen molar-refractivity contribution in [3.8, 4) is 45.1 Å². The predicted molar refractivity (Wildman–Crippen MR) is 205 cm³/mol. The zero-order valence-corrected chi connectivity index (χ0v) is 32.3. The SMILES string of the molecule is Cc1ccc(O)c(-c2nc3c(-c4[c-]c(-c5cc(C(C)C)cc6c(C(C)C)ccnc56)ccc4)cccc3n2-c2ccc(C(C)(C)C)cc2)c1.[Pt]. The summed E-state index contributed by atoms with van der Waals surface area (Å²) in [6.45, 7) is 17.7. The van der Waals surface area contributed by atoms with Crippen LogP contribution in [0.4, 0.5) is 0 Å². The Balaban J connectivity index is 0.00000432. The monoisotopic (exact) mass is 837 g/mol. The summed E-state index contributed by atoms with van der Waals surface area (Å²) in [6.07, 6.45) is 1.93. The number of benzene rings is 5. The molecular weight excluding hydrogens is 794 g/mol. The van der Waals surface area contributed by atoms with Crippen LogP contribution in [-0.2, 0) is 26.5 Å². The number of hydrogen-bond donors (Lipinski definition) is 1. The Morgan fingerprint density at radius 3 is 2.10 bits per heavy atom. The van der Waals surface area contributed by atoms with Crippen molar-refractivity contribution < 1.29 is 26.2 Å². The number of phenols is 1. The second kappa shape index (κ2) is 13.6. The fourth-order valence-corrected chi connectivity index (χ4v) is 6.82. The molecule has 2 aromatic heterocycles. The number of fused-ring (bicyclic) bond motifs is 2. The number of aromatic nitrogens is 3. The molecule has 0 fully saturated rings. The Bertz CT molecular complexity index is 2340. The average Bonchev–Trinajstić information content (AvgIpc) is 3.47. The summed E-state index contributed by atoms with van der Waals surface area (Å²) in [5.41, 5.74) is 13.5. The Morgan fingerprint density at radius 1 is 0.720 bits per heavy atom. The molecule has 7 rings (SSSR count). The molecule has 0 bridgehead atoms. The summed E-state index contributed by atoms with van der Waals surface area (Å²) < 4.78 is 2.17. The van der Waals surface area contributed by atoms with Crippen LogP contribution in [-0.4, -0.2) is 19.6 Å². The number of nitrogens with zero attached hydrogens (tertiary/aromatic N) is 3. The third-order valence-electron chi connectivity index (χ3n) is 9.63. The molecule has 2 heterocycles. The molecule has 0 aliphatic carbocycles. The Labute approximate surface area is 310 Å². The standard InChI is InChI=1S/C45H44N3O.Pt/c1-27(2)32-25-37(42-38(26-32)35(28(3)4)21-22-46-42)31-12-9-11-30(24-31)36-13-10-14-40-43(36)47-44(39-23-29(5)15-20-41(39)49)48(40)34-18-16-33(17-19-34)45(6,7)8;/h9-23,25-28,49H,1-8H3;/q-1;. The number of imidazole rings is 1. The van der Waals surface area contributed by atoms with Crippen LogP contribution in [0.3, 0.4) is 0 Å². The first kappa shape index (κ1) is 35.3. The number of para-hydroxylation sites is 1. The third kappa shape index (κ3) is 6.42. The average molecular weight is 838 g/mol. The molecule has 0 radical (unpaired) electrons. The number of phenolic OH excluding ortho intramolecular Hbond substituents is 1. The van der Waals surface area contributed by atoms with E-state index in [-0.39, 0.29) is 32.2 Å². The van der Waals surface area contributed by atoms with Gasteiger partial charge < -0.3 is 5.11 Å². The number of hydrogen-bond acceptors (Lipinski definition) is 3. The molecule has 4 nitrogen and oxygen atoms in total. The summed E-state index contributed by atoms with van der Waals surface area (Å²) in [4.78, 5) is 10.2. The van der Waals surface area contributed by atoms with Crippen molar-refractivity contribution in [2.75, 3.05) is 0 Å². The molecule has 50 heavy (non-hydrogen) atoms. The summed E-state index contributed by atoms with van der Waals surface area (Å²) in [6, 6.07) is 37.6. The van der Waals surface area contributed by atoms with Gasteiger partial charge in [0.25, 0.3) is 0 Å². The molecular formula is C45H44N3OPt-. The molecule has 0 amide bonds. The van der Waals surface area contributed by atoms with Crippen LogP contribution in [0.5, 0.6) is 5.75 Å². The van der Waals surface area contributed by atoms with E-state index in [0.717, 1.165) is 50.1 Å². The first-order valence-electron chi connectivity index (χ1n) is 17.3. The van der Waals surface area contributed by atoms with Crippen LogP contribution in [0.2, 0.25) is 0 Å². The van der Waals surface area contributed by atoms with Gasteiger partial charge >= 0.3 is 0 Å². The predicted octanol–water partition coefficient (Wildman–Crippen LogP) is 11.9. The minimum atomic E-state index is 0. The van der Waals surface area contributed by atoms with E-state index in [9.17, 15) is 5.11 Å². The fourth-order valence-electron chi connectivity index (χ4n) is 6.82. The summed E-state index contributed by atoms with van der Waals surface area (Å²) >= 11 is 0. The van der Waals surface area contributed by atoms with E-state index >= 15 is 0 Å². The number of rotatable bonds is 6. The molecule has 0 aliphatic rings. The van der Waals surface area contributed by atoms with Gasteiger partial charge in [0.05, 0.1) is 16.6 Å². The molecule has 256 valence electrons. The first-order valence-corrected chi connectivity index (χ1v) is 17.3. The molecule has 0 spiro atoms. The Morgan fingerprint density at radius 2 is 1.42 bits per heavy atom. The molecule has 0 aliphatic heterocycles. The number of aromatic hydroxyl groups is 1. The van der Waals surface area contributed by atoms with Crippen LogP contribution in [0.15, 0.2) is 103 Å². The molecule has 7 aromatic rings. The minimum absolute atomic E-state index is 0. The topological polar surface area (TPSA) is 50.9 Å². The van der Waals surface area contributed by atoms with Gasteiger partial charge in [-0.15, -0.1) is 35.4 Å². The second-order valence-electron chi connectivity index (χ2n) is 14.9. The van der Waals surface area contributed by atoms with E-state index < -0.39 is 0 Å². The van der Waals surface area contributed by atoms with E-state index in [4.69, 9.17) is 9.97 Å². The minimum Gasteiger partial charge on any atom is -0.507 e. The maximum atomic E-state index is 11.1. The summed E-state index contributed by atoms with van der Waals surface area (Å²) in [5.74, 6) is 1.66. The molecule has 5 heteroatoms. The van der Waals surface area contributed by atoms with E-state index in [1.807, 2.05) is 25.3 Å². The van der Waals surface area contributed by atoms with Gasteiger partial charge in [-0.1, -0.05) is 113 Å². The molecule has 0 unspecified atom stereocenters. The van der Waals surface area contributed by atoms with Crippen molar-refractivity contribution in [1.82, 2.24) is 14.5 Å². The van der Waals surface area contributed by atoms with Crippen LogP contribution < -0.4 is 0 Å². The van der Waals surface area contributed by atoms with Gasteiger partial charge in [-0.2, -0.15) is 0 Å². The van der Waals surface area contributed by atoms with Gasteiger partial charge in [0.15, 0.2) is 0 Å². The second-order valence-corrected chi connectivity index (χ2v) is 14.9. The van der Waals surface area contributed by atoms with Gasteiger partial charge in [-0.3, -0.25) is 9.55 Å². The third-order valence-corrected chi connectivity index (χ3v) is 9.63. The fraction of sp³-hybridized carbons (Fsp3) is 0.244. The quantitative estimate of drug-likeness (QED) is 0.170. The van der Waals surface area contributed by atoms with Crippen molar-refractivity contribution >= 4 is 21.9 Å². The summed E-state index contributed by atoms with van der Waals surface area (Å²) in [7, 11) is 0. The first-order chi connectivity index (χ1) is 23.4. The van der Waals surface area contributed by atoms with Gasteiger partial charge in [-0.05, 0) is 77.1 Å². The normalized spacial score (nSPS) is 11.9. The number of aryl methyl sites for hydroxylation is 1. The van der Waals surface area contributed by atoms with Crippen LogP contribution in [0.25, 0.3) is 61.3 Å². The van der Waals surface area contributed by atoms with E-state index in [1.165, 1.54) is 22.1 Å². The van der Waals surface area contributed by atoms with E-state index in [2.05, 4.69) is 138 Å². The van der Waals surface area contributed by atoms with Gasteiger partial charge in [0.2, 0.25) is 0 Å². The largest absolute Gasteiger partial charge is 0.507 e. The van der Waals surface area contributed by atoms with E-state index in [0.29, 0.717) is 23.2 Å². The number of pyridine rings is 1.